The number of halogens is 1. The van der Waals surface area contributed by atoms with Gasteiger partial charge in [-0.2, -0.15) is 0 Å². The largest absolute Gasteiger partial charge is 0.491 e. The summed E-state index contributed by atoms with van der Waals surface area (Å²) in [4.78, 5) is 0. The topological polar surface area (TPSA) is 44.5 Å². The van der Waals surface area contributed by atoms with Gasteiger partial charge < -0.3 is 15.2 Å². The van der Waals surface area contributed by atoms with Crippen molar-refractivity contribution in [3.05, 3.63) is 53.8 Å². The van der Waals surface area contributed by atoms with E-state index in [4.69, 9.17) is 15.2 Å². The van der Waals surface area contributed by atoms with E-state index >= 15 is 0 Å². The summed E-state index contributed by atoms with van der Waals surface area (Å²) >= 11 is 0. The van der Waals surface area contributed by atoms with Gasteiger partial charge in [0.25, 0.3) is 0 Å². The van der Waals surface area contributed by atoms with E-state index in [1.807, 2.05) is 31.2 Å². The second-order valence-electron chi connectivity index (χ2n) is 4.86. The molecule has 0 fully saturated rings. The molecule has 0 bridgehead atoms. The van der Waals surface area contributed by atoms with Crippen LogP contribution in [0.3, 0.4) is 0 Å². The molecule has 0 radical (unpaired) electrons. The van der Waals surface area contributed by atoms with E-state index < -0.39 is 0 Å². The van der Waals surface area contributed by atoms with E-state index in [0.29, 0.717) is 19.0 Å². The highest BCUT2D eigenvalue weighted by atomic mass is 19.1. The van der Waals surface area contributed by atoms with Crippen LogP contribution in [0.1, 0.15) is 18.5 Å². The fourth-order valence-electron chi connectivity index (χ4n) is 2.21. The zero-order chi connectivity index (χ0) is 15.2. The van der Waals surface area contributed by atoms with E-state index in [1.165, 1.54) is 12.1 Å². The monoisotopic (exact) mass is 289 g/mol. The first-order valence-corrected chi connectivity index (χ1v) is 6.89. The summed E-state index contributed by atoms with van der Waals surface area (Å²) in [6, 6.07) is 12.0. The van der Waals surface area contributed by atoms with Crippen LogP contribution in [0.4, 0.5) is 4.39 Å². The van der Waals surface area contributed by atoms with Crippen molar-refractivity contribution in [3.63, 3.8) is 0 Å². The number of nitrogens with two attached hydrogens (primary N) is 1. The van der Waals surface area contributed by atoms with E-state index in [1.54, 1.807) is 13.2 Å². The third-order valence-electron chi connectivity index (χ3n) is 3.23. The first-order valence-electron chi connectivity index (χ1n) is 6.89. The van der Waals surface area contributed by atoms with Crippen LogP contribution in [0, 0.1) is 5.82 Å². The van der Waals surface area contributed by atoms with Gasteiger partial charge in [-0.15, -0.1) is 0 Å². The van der Waals surface area contributed by atoms with Crippen molar-refractivity contribution in [2.75, 3.05) is 20.3 Å². The van der Waals surface area contributed by atoms with Crippen molar-refractivity contribution in [3.8, 4) is 16.9 Å². The maximum atomic E-state index is 13.6. The molecular weight excluding hydrogens is 269 g/mol. The van der Waals surface area contributed by atoms with E-state index in [9.17, 15) is 4.39 Å². The Balaban J connectivity index is 2.44. The molecular formula is C17H20FNO2. The summed E-state index contributed by atoms with van der Waals surface area (Å²) < 4.78 is 24.3. The van der Waals surface area contributed by atoms with Crippen LogP contribution in [0.5, 0.6) is 5.75 Å². The van der Waals surface area contributed by atoms with Crippen LogP contribution in [-0.2, 0) is 4.74 Å². The summed E-state index contributed by atoms with van der Waals surface area (Å²) in [5, 5.41) is 0. The van der Waals surface area contributed by atoms with Crippen LogP contribution < -0.4 is 10.5 Å². The molecule has 2 N–H and O–H groups in total. The zero-order valence-electron chi connectivity index (χ0n) is 12.3. The molecule has 112 valence electrons. The highest BCUT2D eigenvalue weighted by Crippen LogP contribution is 2.34. The Kier molecular flexibility index (Phi) is 5.31. The van der Waals surface area contributed by atoms with Crippen molar-refractivity contribution >= 4 is 0 Å². The van der Waals surface area contributed by atoms with Gasteiger partial charge in [-0.1, -0.05) is 24.3 Å². The molecule has 0 heterocycles. The molecule has 2 aromatic carbocycles. The van der Waals surface area contributed by atoms with Crippen LogP contribution in [-0.4, -0.2) is 20.3 Å². The minimum atomic E-state index is -0.291. The van der Waals surface area contributed by atoms with E-state index in [2.05, 4.69) is 0 Å². The minimum Gasteiger partial charge on any atom is -0.491 e. The molecule has 0 aromatic heterocycles. The van der Waals surface area contributed by atoms with Gasteiger partial charge in [0.2, 0.25) is 0 Å². The molecule has 4 heteroatoms. The third kappa shape index (κ3) is 3.80. The average molecular weight is 289 g/mol. The molecule has 0 aliphatic heterocycles. The van der Waals surface area contributed by atoms with Crippen molar-refractivity contribution in [1.82, 2.24) is 0 Å². The lowest BCUT2D eigenvalue weighted by molar-refractivity contribution is 0.146. The van der Waals surface area contributed by atoms with Gasteiger partial charge in [0.15, 0.2) is 0 Å². The smallest absolute Gasteiger partial charge is 0.127 e. The lowest BCUT2D eigenvalue weighted by Gasteiger charge is -2.16. The number of benzene rings is 2. The second-order valence-corrected chi connectivity index (χ2v) is 4.86. The molecule has 2 rings (SSSR count). The number of methoxy groups -OCH3 is 1. The predicted molar refractivity (Wildman–Crippen MR) is 81.8 cm³/mol. The number of hydrogen-bond donors (Lipinski definition) is 1. The molecule has 0 aliphatic carbocycles. The molecule has 0 saturated heterocycles. The first kappa shape index (κ1) is 15.5. The summed E-state index contributed by atoms with van der Waals surface area (Å²) in [6.07, 6.45) is 0. The van der Waals surface area contributed by atoms with Gasteiger partial charge in [-0.05, 0) is 36.2 Å². The predicted octanol–water partition coefficient (Wildman–Crippen LogP) is 3.54. The summed E-state index contributed by atoms with van der Waals surface area (Å²) in [6.45, 7) is 2.82. The Morgan fingerprint density at radius 3 is 2.57 bits per heavy atom. The molecule has 1 unspecified atom stereocenters. The molecule has 0 saturated carbocycles. The van der Waals surface area contributed by atoms with Crippen LogP contribution in [0.25, 0.3) is 11.1 Å². The fraction of sp³-hybridized carbons (Fsp3) is 0.294. The van der Waals surface area contributed by atoms with Crippen LogP contribution in [0.2, 0.25) is 0 Å². The number of rotatable bonds is 6. The number of hydrogen-bond acceptors (Lipinski definition) is 3. The summed E-state index contributed by atoms with van der Waals surface area (Å²) in [5.41, 5.74) is 8.47. The molecule has 2 aromatic rings. The van der Waals surface area contributed by atoms with Gasteiger partial charge in [0, 0.05) is 18.7 Å². The second kappa shape index (κ2) is 7.20. The van der Waals surface area contributed by atoms with Crippen LogP contribution in [0.15, 0.2) is 42.5 Å². The summed E-state index contributed by atoms with van der Waals surface area (Å²) in [5.74, 6) is 0.406. The Morgan fingerprint density at radius 1 is 1.10 bits per heavy atom. The van der Waals surface area contributed by atoms with Crippen LogP contribution >= 0.6 is 0 Å². The van der Waals surface area contributed by atoms with Crippen molar-refractivity contribution in [2.45, 2.75) is 13.0 Å². The maximum Gasteiger partial charge on any atom is 0.127 e. The third-order valence-corrected chi connectivity index (χ3v) is 3.23. The van der Waals surface area contributed by atoms with Crippen molar-refractivity contribution in [1.29, 1.82) is 0 Å². The van der Waals surface area contributed by atoms with Gasteiger partial charge in [-0.3, -0.25) is 0 Å². The molecule has 1 atom stereocenters. The first-order chi connectivity index (χ1) is 10.1. The highest BCUT2D eigenvalue weighted by Gasteiger charge is 2.14. The number of para-hydroxylation sites is 1. The SMILES string of the molecule is COCCOc1ccccc1-c1cc(F)ccc1C(C)N. The lowest BCUT2D eigenvalue weighted by atomic mass is 9.95. The maximum absolute atomic E-state index is 13.6. The Morgan fingerprint density at radius 2 is 1.86 bits per heavy atom. The van der Waals surface area contributed by atoms with Gasteiger partial charge >= 0.3 is 0 Å². The number of ether oxygens (including phenoxy) is 2. The van der Waals surface area contributed by atoms with Crippen molar-refractivity contribution < 1.29 is 13.9 Å². The molecule has 21 heavy (non-hydrogen) atoms. The molecule has 0 aliphatic rings. The Labute approximate surface area is 124 Å². The minimum absolute atomic E-state index is 0.187. The van der Waals surface area contributed by atoms with Gasteiger partial charge in [-0.25, -0.2) is 4.39 Å². The average Bonchev–Trinajstić information content (AvgIpc) is 2.47. The summed E-state index contributed by atoms with van der Waals surface area (Å²) in [7, 11) is 1.62. The fourth-order valence-corrected chi connectivity index (χ4v) is 2.21. The normalized spacial score (nSPS) is 12.2. The van der Waals surface area contributed by atoms with Gasteiger partial charge in [0.05, 0.1) is 6.61 Å². The lowest BCUT2D eigenvalue weighted by Crippen LogP contribution is -2.08. The van der Waals surface area contributed by atoms with Gasteiger partial charge in [0.1, 0.15) is 18.2 Å². The van der Waals surface area contributed by atoms with E-state index in [-0.39, 0.29) is 11.9 Å². The Hall–Kier alpha value is -1.91. The Bertz CT molecular complexity index is 599. The molecule has 0 amide bonds. The standard InChI is InChI=1S/C17H20FNO2/c1-12(19)14-8-7-13(18)11-16(14)15-5-3-4-6-17(15)21-10-9-20-2/h3-8,11-12H,9-10,19H2,1-2H3. The molecule has 3 nitrogen and oxygen atoms in total. The highest BCUT2D eigenvalue weighted by molar-refractivity contribution is 5.73. The van der Waals surface area contributed by atoms with Crippen molar-refractivity contribution in [2.24, 2.45) is 5.73 Å². The quantitative estimate of drug-likeness (QED) is 0.827. The van der Waals surface area contributed by atoms with E-state index in [0.717, 1.165) is 16.7 Å². The molecule has 0 spiro atoms. The zero-order valence-corrected chi connectivity index (χ0v) is 12.3.